The van der Waals surface area contributed by atoms with Crippen LogP contribution >= 0.6 is 0 Å². The molecule has 2 aromatic carbocycles. The summed E-state index contributed by atoms with van der Waals surface area (Å²) in [6.45, 7) is 8.14. The maximum Gasteiger partial charge on any atom is 0.265 e. The van der Waals surface area contributed by atoms with Gasteiger partial charge in [-0.1, -0.05) is 32.9 Å². The van der Waals surface area contributed by atoms with Crippen molar-refractivity contribution in [2.24, 2.45) is 0 Å². The van der Waals surface area contributed by atoms with E-state index in [2.05, 4.69) is 31.4 Å². The predicted molar refractivity (Wildman–Crippen MR) is 104 cm³/mol. The number of benzene rings is 2. The van der Waals surface area contributed by atoms with E-state index in [9.17, 15) is 9.59 Å². The van der Waals surface area contributed by atoms with Crippen molar-refractivity contribution in [2.75, 3.05) is 12.4 Å². The third kappa shape index (κ3) is 5.09. The first-order chi connectivity index (χ1) is 12.2. The minimum absolute atomic E-state index is 0.0718. The smallest absolute Gasteiger partial charge is 0.265 e. The summed E-state index contributed by atoms with van der Waals surface area (Å²) in [5.41, 5.74) is 2.43. The van der Waals surface area contributed by atoms with Crippen molar-refractivity contribution in [1.82, 2.24) is 5.32 Å². The molecule has 2 aromatic rings. The SMILES string of the molecule is CNC(=O)c1ccc(NC(=O)C(C)Oc2ccc(C(C)(C)C)cc2)cc1. The molecule has 5 heteroatoms. The van der Waals surface area contributed by atoms with Crippen LogP contribution in [0.3, 0.4) is 0 Å². The van der Waals surface area contributed by atoms with Crippen LogP contribution in [0.25, 0.3) is 0 Å². The molecule has 0 radical (unpaired) electrons. The molecule has 0 aliphatic rings. The van der Waals surface area contributed by atoms with Crippen molar-refractivity contribution in [3.8, 4) is 5.75 Å². The van der Waals surface area contributed by atoms with Crippen LogP contribution in [-0.2, 0) is 10.2 Å². The zero-order valence-corrected chi connectivity index (χ0v) is 15.9. The van der Waals surface area contributed by atoms with Gasteiger partial charge in [-0.05, 0) is 54.3 Å². The van der Waals surface area contributed by atoms with Gasteiger partial charge in [0.25, 0.3) is 11.8 Å². The summed E-state index contributed by atoms with van der Waals surface area (Å²) in [6.07, 6.45) is -0.644. The Morgan fingerprint density at radius 1 is 0.962 bits per heavy atom. The number of ether oxygens (including phenoxy) is 1. The van der Waals surface area contributed by atoms with Crippen LogP contribution in [0.1, 0.15) is 43.6 Å². The van der Waals surface area contributed by atoms with E-state index in [1.54, 1.807) is 38.2 Å². The highest BCUT2D eigenvalue weighted by atomic mass is 16.5. The van der Waals surface area contributed by atoms with Crippen LogP contribution in [0.15, 0.2) is 48.5 Å². The van der Waals surface area contributed by atoms with Gasteiger partial charge in [-0.25, -0.2) is 0 Å². The fourth-order valence-corrected chi connectivity index (χ4v) is 2.38. The molecule has 1 unspecified atom stereocenters. The molecule has 0 fully saturated rings. The molecule has 2 amide bonds. The Bertz CT molecular complexity index is 759. The molecule has 2 rings (SSSR count). The molecule has 2 N–H and O–H groups in total. The highest BCUT2D eigenvalue weighted by Crippen LogP contribution is 2.24. The number of carbonyl (C=O) groups is 2. The van der Waals surface area contributed by atoms with Gasteiger partial charge >= 0.3 is 0 Å². The van der Waals surface area contributed by atoms with Crippen molar-refractivity contribution < 1.29 is 14.3 Å². The summed E-state index contributed by atoms with van der Waals surface area (Å²) in [7, 11) is 1.57. The molecule has 1 atom stereocenters. The maximum absolute atomic E-state index is 12.3. The van der Waals surface area contributed by atoms with Gasteiger partial charge in [0.2, 0.25) is 0 Å². The van der Waals surface area contributed by atoms with Gasteiger partial charge in [0.1, 0.15) is 5.75 Å². The van der Waals surface area contributed by atoms with Gasteiger partial charge < -0.3 is 15.4 Å². The molecule has 26 heavy (non-hydrogen) atoms. The van der Waals surface area contributed by atoms with Crippen LogP contribution < -0.4 is 15.4 Å². The first kappa shape index (κ1) is 19.5. The number of hydrogen-bond acceptors (Lipinski definition) is 3. The summed E-state index contributed by atoms with van der Waals surface area (Å²) in [5.74, 6) is 0.228. The second-order valence-electron chi connectivity index (χ2n) is 7.18. The highest BCUT2D eigenvalue weighted by Gasteiger charge is 2.17. The second-order valence-corrected chi connectivity index (χ2v) is 7.18. The average molecular weight is 354 g/mol. The monoisotopic (exact) mass is 354 g/mol. The molecule has 0 saturated carbocycles. The van der Waals surface area contributed by atoms with Crippen molar-refractivity contribution >= 4 is 17.5 Å². The molecule has 0 saturated heterocycles. The Kier molecular flexibility index (Phi) is 6.03. The molecule has 0 bridgehead atoms. The fourth-order valence-electron chi connectivity index (χ4n) is 2.38. The maximum atomic E-state index is 12.3. The van der Waals surface area contributed by atoms with Gasteiger partial charge in [-0.2, -0.15) is 0 Å². The normalized spacial score (nSPS) is 12.2. The van der Waals surface area contributed by atoms with Crippen LogP contribution in [0.4, 0.5) is 5.69 Å². The number of hydrogen-bond donors (Lipinski definition) is 2. The lowest BCUT2D eigenvalue weighted by Crippen LogP contribution is -2.30. The number of nitrogens with one attached hydrogen (secondary N) is 2. The fraction of sp³-hybridized carbons (Fsp3) is 0.333. The van der Waals surface area contributed by atoms with Gasteiger partial charge in [0.15, 0.2) is 6.10 Å². The number of anilines is 1. The standard InChI is InChI=1S/C21H26N2O3/c1-14(26-18-12-8-16(9-13-18)21(2,3)4)19(24)23-17-10-6-15(7-11-17)20(25)22-5/h6-14H,1-5H3,(H,22,25)(H,23,24). The largest absolute Gasteiger partial charge is 0.481 e. The van der Waals surface area contributed by atoms with Gasteiger partial charge in [0, 0.05) is 18.3 Å². The van der Waals surface area contributed by atoms with Crippen LogP contribution in [0.2, 0.25) is 0 Å². The molecule has 5 nitrogen and oxygen atoms in total. The molecule has 0 aromatic heterocycles. The third-order valence-electron chi connectivity index (χ3n) is 4.04. The molecule has 0 heterocycles. The van der Waals surface area contributed by atoms with Gasteiger partial charge in [-0.3, -0.25) is 9.59 Å². The van der Waals surface area contributed by atoms with E-state index in [-0.39, 0.29) is 17.2 Å². The lowest BCUT2D eigenvalue weighted by molar-refractivity contribution is -0.122. The molecule has 0 spiro atoms. The lowest BCUT2D eigenvalue weighted by atomic mass is 9.87. The number of carbonyl (C=O) groups excluding carboxylic acids is 2. The summed E-state index contributed by atoms with van der Waals surface area (Å²) in [4.78, 5) is 23.8. The first-order valence-electron chi connectivity index (χ1n) is 8.61. The quantitative estimate of drug-likeness (QED) is 0.859. The minimum atomic E-state index is -0.644. The molecule has 0 aliphatic heterocycles. The van der Waals surface area contributed by atoms with E-state index < -0.39 is 6.10 Å². The Balaban J connectivity index is 1.96. The molecular formula is C21H26N2O3. The van der Waals surface area contributed by atoms with E-state index in [4.69, 9.17) is 4.74 Å². The summed E-state index contributed by atoms with van der Waals surface area (Å²) >= 11 is 0. The molecular weight excluding hydrogens is 328 g/mol. The third-order valence-corrected chi connectivity index (χ3v) is 4.04. The first-order valence-corrected chi connectivity index (χ1v) is 8.61. The lowest BCUT2D eigenvalue weighted by Gasteiger charge is -2.20. The Hall–Kier alpha value is -2.82. The van der Waals surface area contributed by atoms with Crippen molar-refractivity contribution in [3.05, 3.63) is 59.7 Å². The Morgan fingerprint density at radius 3 is 2.04 bits per heavy atom. The zero-order valence-electron chi connectivity index (χ0n) is 15.9. The Morgan fingerprint density at radius 2 is 1.54 bits per heavy atom. The molecule has 138 valence electrons. The summed E-state index contributed by atoms with van der Waals surface area (Å²) in [5, 5.41) is 5.34. The summed E-state index contributed by atoms with van der Waals surface area (Å²) in [6, 6.07) is 14.5. The van der Waals surface area contributed by atoms with Gasteiger partial charge in [0.05, 0.1) is 0 Å². The zero-order chi connectivity index (χ0) is 19.3. The van der Waals surface area contributed by atoms with E-state index in [1.807, 2.05) is 24.3 Å². The van der Waals surface area contributed by atoms with E-state index in [1.165, 1.54) is 5.56 Å². The van der Waals surface area contributed by atoms with E-state index in [0.717, 1.165) is 0 Å². The Labute approximate surface area is 154 Å². The van der Waals surface area contributed by atoms with Crippen LogP contribution in [0.5, 0.6) is 5.75 Å². The van der Waals surface area contributed by atoms with Crippen molar-refractivity contribution in [3.63, 3.8) is 0 Å². The van der Waals surface area contributed by atoms with E-state index >= 15 is 0 Å². The van der Waals surface area contributed by atoms with Crippen LogP contribution in [0, 0.1) is 0 Å². The second kappa shape index (κ2) is 8.04. The van der Waals surface area contributed by atoms with Crippen molar-refractivity contribution in [1.29, 1.82) is 0 Å². The highest BCUT2D eigenvalue weighted by molar-refractivity contribution is 5.96. The van der Waals surface area contributed by atoms with Gasteiger partial charge in [-0.15, -0.1) is 0 Å². The molecule has 0 aliphatic carbocycles. The average Bonchev–Trinajstić information content (AvgIpc) is 2.61. The predicted octanol–water partition coefficient (Wildman–Crippen LogP) is 3.75. The topological polar surface area (TPSA) is 67.4 Å². The van der Waals surface area contributed by atoms with Crippen LogP contribution in [-0.4, -0.2) is 25.0 Å². The minimum Gasteiger partial charge on any atom is -0.481 e. The number of amides is 2. The number of rotatable bonds is 5. The van der Waals surface area contributed by atoms with E-state index in [0.29, 0.717) is 17.0 Å². The summed E-state index contributed by atoms with van der Waals surface area (Å²) < 4.78 is 5.72. The van der Waals surface area contributed by atoms with Crippen molar-refractivity contribution in [2.45, 2.75) is 39.2 Å².